The lowest BCUT2D eigenvalue weighted by Gasteiger charge is -2.27. The van der Waals surface area contributed by atoms with Gasteiger partial charge in [0.1, 0.15) is 40.4 Å². The van der Waals surface area contributed by atoms with Crippen LogP contribution in [0.3, 0.4) is 0 Å². The van der Waals surface area contributed by atoms with Crippen LogP contribution in [0, 0.1) is 11.3 Å². The van der Waals surface area contributed by atoms with Crippen molar-refractivity contribution in [1.29, 1.82) is 5.26 Å². The fraction of sp³-hybridized carbons (Fsp3) is 0.0625. The Balaban J connectivity index is 1.28. The number of nitriles is 1. The van der Waals surface area contributed by atoms with E-state index in [0.29, 0.717) is 48.8 Å². The molecule has 1 aromatic heterocycles. The largest absolute Gasteiger partial charge is 0.489 e. The summed E-state index contributed by atoms with van der Waals surface area (Å²) in [5.74, 6) is -0.0949. The maximum atomic E-state index is 13.1. The van der Waals surface area contributed by atoms with Crippen LogP contribution in [0.15, 0.2) is 90.3 Å². The maximum absolute atomic E-state index is 13.1. The van der Waals surface area contributed by atoms with Crippen molar-refractivity contribution in [3.8, 4) is 23.3 Å². The third-order valence-corrected chi connectivity index (χ3v) is 9.12. The summed E-state index contributed by atoms with van der Waals surface area (Å²) < 4.78 is 18.1. The van der Waals surface area contributed by atoms with Crippen LogP contribution in [-0.4, -0.2) is 5.97 Å². The zero-order valence-corrected chi connectivity index (χ0v) is 25.7. The Hall–Kier alpha value is -3.90. The number of allylic oxidation sites excluding steroid dienone is 1. The number of rotatable bonds is 6. The zero-order chi connectivity index (χ0) is 30.2. The molecule has 0 radical (unpaired) electrons. The molecule has 4 aromatic carbocycles. The van der Waals surface area contributed by atoms with Gasteiger partial charge in [-0.2, -0.15) is 5.26 Å². The molecule has 0 fully saturated rings. The number of fused-ring (bicyclic) bond motifs is 2. The average molecular weight is 668 g/mol. The number of hydrogen-bond acceptors (Lipinski definition) is 7. The minimum absolute atomic E-state index is 0.0463. The number of benzene rings is 4. The predicted molar refractivity (Wildman–Crippen MR) is 170 cm³/mol. The van der Waals surface area contributed by atoms with Crippen molar-refractivity contribution in [1.82, 2.24) is 0 Å². The summed E-state index contributed by atoms with van der Waals surface area (Å²) in [7, 11) is 0. The highest BCUT2D eigenvalue weighted by molar-refractivity contribution is 7.21. The predicted octanol–water partition coefficient (Wildman–Crippen LogP) is 9.53. The first-order valence-electron chi connectivity index (χ1n) is 12.7. The summed E-state index contributed by atoms with van der Waals surface area (Å²) in [5, 5.41) is 12.1. The molecular weight excluding hydrogens is 650 g/mol. The van der Waals surface area contributed by atoms with Crippen molar-refractivity contribution in [2.75, 3.05) is 0 Å². The van der Waals surface area contributed by atoms with Gasteiger partial charge >= 0.3 is 5.97 Å². The second-order valence-corrected chi connectivity index (χ2v) is 12.2. The van der Waals surface area contributed by atoms with Gasteiger partial charge in [-0.1, -0.05) is 76.7 Å². The molecule has 0 aliphatic carbocycles. The fourth-order valence-corrected chi connectivity index (χ4v) is 7.14. The smallest absolute Gasteiger partial charge is 0.355 e. The highest BCUT2D eigenvalue weighted by Gasteiger charge is 2.31. The lowest BCUT2D eigenvalue weighted by atomic mass is 9.83. The Bertz CT molecular complexity index is 1980. The molecule has 0 amide bonds. The molecule has 0 saturated heterocycles. The van der Waals surface area contributed by atoms with E-state index in [1.54, 1.807) is 42.5 Å². The van der Waals surface area contributed by atoms with Crippen LogP contribution in [-0.2, 0) is 6.61 Å². The SMILES string of the molecule is N#CC1=C(N)Oc2cc(OC(=O)c3sc4cc(Cl)cc(Cl)c4c3Cl)ccc2C1c1cccc(OCc2ccc(Cl)cc2)c1. The first kappa shape index (κ1) is 29.2. The second kappa shape index (κ2) is 12.0. The van der Waals surface area contributed by atoms with Gasteiger partial charge in [0.15, 0.2) is 0 Å². The van der Waals surface area contributed by atoms with Crippen molar-refractivity contribution in [2.24, 2.45) is 5.73 Å². The van der Waals surface area contributed by atoms with E-state index in [9.17, 15) is 10.1 Å². The summed E-state index contributed by atoms with van der Waals surface area (Å²) in [6.07, 6.45) is 0. The molecule has 11 heteroatoms. The molecule has 1 atom stereocenters. The minimum atomic E-state index is -0.669. The van der Waals surface area contributed by atoms with E-state index in [2.05, 4.69) is 6.07 Å². The summed E-state index contributed by atoms with van der Waals surface area (Å²) in [6, 6.07) is 25.1. The van der Waals surface area contributed by atoms with Gasteiger partial charge in [-0.15, -0.1) is 11.3 Å². The second-order valence-electron chi connectivity index (χ2n) is 9.51. The molecule has 2 N–H and O–H groups in total. The zero-order valence-electron chi connectivity index (χ0n) is 21.9. The van der Waals surface area contributed by atoms with E-state index in [1.807, 2.05) is 36.4 Å². The van der Waals surface area contributed by atoms with Crippen molar-refractivity contribution in [3.05, 3.63) is 132 Å². The molecular formula is C32H18Cl4N2O4S. The lowest BCUT2D eigenvalue weighted by molar-refractivity contribution is 0.0740. The molecule has 6 nitrogen and oxygen atoms in total. The van der Waals surface area contributed by atoms with Crippen molar-refractivity contribution >= 4 is 73.8 Å². The van der Waals surface area contributed by atoms with Crippen LogP contribution in [0.4, 0.5) is 0 Å². The first-order chi connectivity index (χ1) is 20.7. The van der Waals surface area contributed by atoms with Crippen LogP contribution < -0.4 is 19.9 Å². The molecule has 2 heterocycles. The number of carbonyl (C=O) groups excluding carboxylic acids is 1. The third kappa shape index (κ3) is 5.85. The Morgan fingerprint density at radius 1 is 0.953 bits per heavy atom. The van der Waals surface area contributed by atoms with E-state index in [0.717, 1.165) is 22.5 Å². The number of halogens is 4. The van der Waals surface area contributed by atoms with Crippen LogP contribution in [0.25, 0.3) is 10.1 Å². The summed E-state index contributed by atoms with van der Waals surface area (Å²) in [6.45, 7) is 0.339. The van der Waals surface area contributed by atoms with Gasteiger partial charge < -0.3 is 19.9 Å². The molecule has 0 spiro atoms. The van der Waals surface area contributed by atoms with E-state index in [1.165, 1.54) is 0 Å². The van der Waals surface area contributed by atoms with E-state index in [-0.39, 0.29) is 27.1 Å². The minimum Gasteiger partial charge on any atom is -0.489 e. The van der Waals surface area contributed by atoms with Crippen LogP contribution >= 0.6 is 57.7 Å². The Morgan fingerprint density at radius 2 is 1.74 bits per heavy atom. The Labute approximate surface area is 270 Å². The Morgan fingerprint density at radius 3 is 2.51 bits per heavy atom. The first-order valence-corrected chi connectivity index (χ1v) is 15.0. The highest BCUT2D eigenvalue weighted by atomic mass is 35.5. The molecule has 1 aliphatic heterocycles. The van der Waals surface area contributed by atoms with Crippen LogP contribution in [0.5, 0.6) is 17.2 Å². The van der Waals surface area contributed by atoms with E-state index >= 15 is 0 Å². The summed E-state index contributed by atoms with van der Waals surface area (Å²) in [4.78, 5) is 13.3. The van der Waals surface area contributed by atoms with Crippen molar-refractivity contribution in [2.45, 2.75) is 12.5 Å². The van der Waals surface area contributed by atoms with Gasteiger partial charge in [-0.05, 0) is 53.6 Å². The molecule has 43 heavy (non-hydrogen) atoms. The molecule has 1 aliphatic rings. The molecule has 214 valence electrons. The average Bonchev–Trinajstić information content (AvgIpc) is 3.32. The van der Waals surface area contributed by atoms with Crippen LogP contribution in [0.1, 0.15) is 32.3 Å². The third-order valence-electron chi connectivity index (χ3n) is 6.75. The lowest BCUT2D eigenvalue weighted by Crippen LogP contribution is -2.21. The summed E-state index contributed by atoms with van der Waals surface area (Å²) >= 11 is 26.0. The van der Waals surface area contributed by atoms with Crippen molar-refractivity contribution < 1.29 is 19.0 Å². The molecule has 0 saturated carbocycles. The van der Waals surface area contributed by atoms with Gasteiger partial charge in [-0.25, -0.2) is 4.79 Å². The normalized spacial score (nSPS) is 14.2. The number of ether oxygens (including phenoxy) is 3. The summed E-state index contributed by atoms with van der Waals surface area (Å²) in [5.41, 5.74) is 8.84. The number of nitrogens with two attached hydrogens (primary N) is 1. The topological polar surface area (TPSA) is 94.6 Å². The quantitative estimate of drug-likeness (QED) is 0.143. The van der Waals surface area contributed by atoms with Gasteiger partial charge in [0, 0.05) is 31.8 Å². The van der Waals surface area contributed by atoms with Gasteiger partial charge in [0.25, 0.3) is 0 Å². The number of esters is 1. The molecule has 0 bridgehead atoms. The number of thiophene rings is 1. The van der Waals surface area contributed by atoms with Gasteiger partial charge in [-0.3, -0.25) is 0 Å². The van der Waals surface area contributed by atoms with E-state index in [4.69, 9.17) is 66.3 Å². The highest BCUT2D eigenvalue weighted by Crippen LogP contribution is 2.45. The fourth-order valence-electron chi connectivity index (χ4n) is 4.77. The van der Waals surface area contributed by atoms with Crippen molar-refractivity contribution in [3.63, 3.8) is 0 Å². The number of nitrogens with zero attached hydrogens (tertiary/aromatic N) is 1. The number of hydrogen-bond donors (Lipinski definition) is 1. The standard InChI is InChI=1S/C32H18Cl4N2O4S/c33-18-6-4-16(5-7-18)15-40-20-3-1-2-17(10-20)27-22-9-8-21(13-25(22)42-31(38)23(27)14-37)41-32(39)30-29(36)28-24(35)11-19(34)12-26(28)43-30/h1-13,27H,15,38H2. The molecule has 6 rings (SSSR count). The van der Waals surface area contributed by atoms with Crippen LogP contribution in [0.2, 0.25) is 20.1 Å². The maximum Gasteiger partial charge on any atom is 0.355 e. The van der Waals surface area contributed by atoms with E-state index < -0.39 is 11.9 Å². The monoisotopic (exact) mass is 666 g/mol. The Kier molecular flexibility index (Phi) is 8.15. The van der Waals surface area contributed by atoms with Gasteiger partial charge in [0.05, 0.1) is 16.0 Å². The van der Waals surface area contributed by atoms with Gasteiger partial charge in [0.2, 0.25) is 5.88 Å². The number of carbonyl (C=O) groups is 1. The molecule has 1 unspecified atom stereocenters. The molecule has 5 aromatic rings.